The number of hydrogen-bond donors (Lipinski definition) is 1. The first-order valence-electron chi connectivity index (χ1n) is 9.75. The highest BCUT2D eigenvalue weighted by atomic mass is 32.2. The molecular weight excluding hydrogens is 388 g/mol. The first-order chi connectivity index (χ1) is 13.7. The minimum absolute atomic E-state index is 0.0335. The number of amides is 1. The normalized spacial score (nSPS) is 13.4. The van der Waals surface area contributed by atoms with Crippen LogP contribution < -0.4 is 14.4 Å². The van der Waals surface area contributed by atoms with Crippen LogP contribution in [0.4, 0.5) is 5.69 Å². The molecule has 0 aliphatic rings. The second-order valence-electron chi connectivity index (χ2n) is 7.17. The Morgan fingerprint density at radius 3 is 2.28 bits per heavy atom. The predicted octanol–water partition coefficient (Wildman–Crippen LogP) is 3.38. The largest absolute Gasteiger partial charge is 0.481 e. The molecule has 0 fully saturated rings. The summed E-state index contributed by atoms with van der Waals surface area (Å²) in [7, 11) is -1.83. The Morgan fingerprint density at radius 2 is 1.72 bits per heavy atom. The Morgan fingerprint density at radius 1 is 1.10 bits per heavy atom. The number of carbonyl (C=O) groups excluding carboxylic acids is 1. The average molecular weight is 419 g/mol. The lowest BCUT2D eigenvalue weighted by molar-refractivity contribution is -0.128. The molecule has 0 bridgehead atoms. The van der Waals surface area contributed by atoms with E-state index < -0.39 is 16.1 Å². The number of benzene rings is 2. The van der Waals surface area contributed by atoms with Gasteiger partial charge >= 0.3 is 0 Å². The maximum Gasteiger partial charge on any atom is 0.261 e. The Balaban J connectivity index is 1.90. The van der Waals surface area contributed by atoms with E-state index in [1.807, 2.05) is 32.0 Å². The van der Waals surface area contributed by atoms with Gasteiger partial charge in [0, 0.05) is 13.1 Å². The monoisotopic (exact) mass is 418 g/mol. The Bertz CT molecular complexity index is 883. The third kappa shape index (κ3) is 7.09. The number of aryl methyl sites for hydroxylation is 1. The number of hydrogen-bond acceptors (Lipinski definition) is 4. The molecule has 6 nitrogen and oxygen atoms in total. The van der Waals surface area contributed by atoms with E-state index >= 15 is 0 Å². The zero-order chi connectivity index (χ0) is 21.4. The van der Waals surface area contributed by atoms with Crippen LogP contribution in [0.3, 0.4) is 0 Å². The van der Waals surface area contributed by atoms with Crippen LogP contribution in [-0.2, 0) is 21.2 Å². The van der Waals surface area contributed by atoms with Crippen LogP contribution in [0.5, 0.6) is 5.75 Å². The molecule has 0 heterocycles. The summed E-state index contributed by atoms with van der Waals surface area (Å²) in [5.41, 5.74) is 1.78. The second-order valence-corrected chi connectivity index (χ2v) is 9.19. The Labute approximate surface area is 173 Å². The van der Waals surface area contributed by atoms with Crippen molar-refractivity contribution in [3.63, 3.8) is 0 Å². The third-order valence-electron chi connectivity index (χ3n) is 4.74. The molecule has 29 heavy (non-hydrogen) atoms. The summed E-state index contributed by atoms with van der Waals surface area (Å²) in [4.78, 5) is 12.6. The highest BCUT2D eigenvalue weighted by Crippen LogP contribution is 2.21. The van der Waals surface area contributed by atoms with Gasteiger partial charge in [0.25, 0.3) is 5.91 Å². The molecular formula is C22H30N2O4S. The summed E-state index contributed by atoms with van der Waals surface area (Å²) < 4.78 is 30.3. The summed E-state index contributed by atoms with van der Waals surface area (Å²) in [6.07, 6.45) is 2.82. The highest BCUT2D eigenvalue weighted by Gasteiger charge is 2.20. The fourth-order valence-corrected chi connectivity index (χ4v) is 3.35. The molecule has 1 amide bonds. The summed E-state index contributed by atoms with van der Waals surface area (Å²) in [5, 5.41) is 3.02. The van der Waals surface area contributed by atoms with Gasteiger partial charge in [0.1, 0.15) is 5.75 Å². The molecule has 0 saturated heterocycles. The third-order valence-corrected chi connectivity index (χ3v) is 5.94. The van der Waals surface area contributed by atoms with E-state index in [-0.39, 0.29) is 11.9 Å². The summed E-state index contributed by atoms with van der Waals surface area (Å²) in [6.45, 7) is 3.88. The van der Waals surface area contributed by atoms with E-state index in [9.17, 15) is 13.2 Å². The topological polar surface area (TPSA) is 75.7 Å². The molecule has 2 rings (SSSR count). The second kappa shape index (κ2) is 10.3. The fraction of sp³-hybridized carbons (Fsp3) is 0.409. The van der Waals surface area contributed by atoms with Crippen LogP contribution in [-0.4, -0.2) is 39.8 Å². The van der Waals surface area contributed by atoms with Gasteiger partial charge in [-0.05, 0) is 56.0 Å². The van der Waals surface area contributed by atoms with E-state index in [2.05, 4.69) is 17.4 Å². The van der Waals surface area contributed by atoms with Gasteiger partial charge in [0.05, 0.1) is 11.9 Å². The van der Waals surface area contributed by atoms with Gasteiger partial charge in [-0.25, -0.2) is 8.42 Å². The summed E-state index contributed by atoms with van der Waals surface area (Å²) in [5.74, 6) is 0.375. The zero-order valence-corrected chi connectivity index (χ0v) is 18.3. The SMILES string of the molecule is CC[C@H](Oc1ccc(N(C)S(C)(=O)=O)cc1)C(=O)N[C@@H](C)CCc1ccccc1. The van der Waals surface area contributed by atoms with Crippen LogP contribution in [0, 0.1) is 0 Å². The predicted molar refractivity (Wildman–Crippen MR) is 117 cm³/mol. The van der Waals surface area contributed by atoms with Crippen LogP contribution in [0.25, 0.3) is 0 Å². The number of carbonyl (C=O) groups is 1. The highest BCUT2D eigenvalue weighted by molar-refractivity contribution is 7.92. The van der Waals surface area contributed by atoms with Crippen LogP contribution >= 0.6 is 0 Å². The van der Waals surface area contributed by atoms with E-state index in [0.29, 0.717) is 17.9 Å². The minimum Gasteiger partial charge on any atom is -0.481 e. The minimum atomic E-state index is -3.32. The number of rotatable bonds is 10. The lowest BCUT2D eigenvalue weighted by Gasteiger charge is -2.21. The number of sulfonamides is 1. The summed E-state index contributed by atoms with van der Waals surface area (Å²) >= 11 is 0. The molecule has 0 aliphatic carbocycles. The van der Waals surface area contributed by atoms with Crippen molar-refractivity contribution >= 4 is 21.6 Å². The van der Waals surface area contributed by atoms with E-state index in [1.54, 1.807) is 24.3 Å². The molecule has 0 aromatic heterocycles. The fourth-order valence-electron chi connectivity index (χ4n) is 2.85. The molecule has 2 aromatic carbocycles. The van der Waals surface area contributed by atoms with Crippen molar-refractivity contribution in [1.82, 2.24) is 5.32 Å². The van der Waals surface area contributed by atoms with Crippen LogP contribution in [0.1, 0.15) is 32.3 Å². The van der Waals surface area contributed by atoms with E-state index in [4.69, 9.17) is 4.74 Å². The molecule has 2 atom stereocenters. The van der Waals surface area contributed by atoms with Crippen molar-refractivity contribution in [3.8, 4) is 5.75 Å². The molecule has 0 saturated carbocycles. The summed E-state index contributed by atoms with van der Waals surface area (Å²) in [6, 6.07) is 16.9. The lowest BCUT2D eigenvalue weighted by Crippen LogP contribution is -2.42. The molecule has 7 heteroatoms. The molecule has 0 spiro atoms. The standard InChI is InChI=1S/C22H30N2O4S/c1-5-21(22(25)23-17(2)11-12-18-9-7-6-8-10-18)28-20-15-13-19(14-16-20)24(3)29(4,26)27/h6-10,13-17,21H,5,11-12H2,1-4H3,(H,23,25)/t17-,21-/m0/s1. The molecule has 0 unspecified atom stereocenters. The molecule has 2 aromatic rings. The van der Waals surface area contributed by atoms with Crippen molar-refractivity contribution < 1.29 is 17.9 Å². The molecule has 158 valence electrons. The van der Waals surface area contributed by atoms with Crippen LogP contribution in [0.2, 0.25) is 0 Å². The van der Waals surface area contributed by atoms with E-state index in [0.717, 1.165) is 19.1 Å². The van der Waals surface area contributed by atoms with Crippen LogP contribution in [0.15, 0.2) is 54.6 Å². The maximum absolute atomic E-state index is 12.6. The quantitative estimate of drug-likeness (QED) is 0.642. The van der Waals surface area contributed by atoms with Gasteiger partial charge in [-0.3, -0.25) is 9.10 Å². The molecule has 0 radical (unpaired) electrons. The van der Waals surface area contributed by atoms with Crippen molar-refractivity contribution in [1.29, 1.82) is 0 Å². The zero-order valence-electron chi connectivity index (χ0n) is 17.5. The van der Waals surface area contributed by atoms with Gasteiger partial charge in [0.2, 0.25) is 10.0 Å². The van der Waals surface area contributed by atoms with Gasteiger partial charge in [0.15, 0.2) is 6.10 Å². The first-order valence-corrected chi connectivity index (χ1v) is 11.6. The van der Waals surface area contributed by atoms with Gasteiger partial charge in [-0.15, -0.1) is 0 Å². The number of nitrogens with one attached hydrogen (secondary N) is 1. The average Bonchev–Trinajstić information content (AvgIpc) is 2.70. The van der Waals surface area contributed by atoms with Gasteiger partial charge in [-0.1, -0.05) is 37.3 Å². The first kappa shape index (κ1) is 22.7. The number of ether oxygens (including phenoxy) is 1. The lowest BCUT2D eigenvalue weighted by atomic mass is 10.1. The van der Waals surface area contributed by atoms with Crippen molar-refractivity contribution in [2.24, 2.45) is 0 Å². The van der Waals surface area contributed by atoms with Gasteiger partial charge < -0.3 is 10.1 Å². The number of anilines is 1. The van der Waals surface area contributed by atoms with E-state index in [1.165, 1.54) is 16.9 Å². The molecule has 0 aliphatic heterocycles. The Kier molecular flexibility index (Phi) is 8.08. The van der Waals surface area contributed by atoms with Crippen molar-refractivity contribution in [3.05, 3.63) is 60.2 Å². The van der Waals surface area contributed by atoms with Crippen molar-refractivity contribution in [2.75, 3.05) is 17.6 Å². The van der Waals surface area contributed by atoms with Crippen molar-refractivity contribution in [2.45, 2.75) is 45.3 Å². The molecule has 1 N–H and O–H groups in total. The smallest absolute Gasteiger partial charge is 0.261 e. The maximum atomic E-state index is 12.6. The van der Waals surface area contributed by atoms with Gasteiger partial charge in [-0.2, -0.15) is 0 Å². The Hall–Kier alpha value is -2.54. The number of nitrogens with zero attached hydrogens (tertiary/aromatic N) is 1.